The van der Waals surface area contributed by atoms with Gasteiger partial charge >= 0.3 is 0 Å². The molecule has 3 aliphatic rings. The van der Waals surface area contributed by atoms with E-state index in [2.05, 4.69) is 27.0 Å². The van der Waals surface area contributed by atoms with Crippen LogP contribution < -0.4 is 5.32 Å². The molecule has 3 atom stereocenters. The number of fused-ring (bicyclic) bond motifs is 1. The van der Waals surface area contributed by atoms with E-state index in [4.69, 9.17) is 4.74 Å². The van der Waals surface area contributed by atoms with Gasteiger partial charge in [0.15, 0.2) is 0 Å². The zero-order valence-corrected chi connectivity index (χ0v) is 13.7. The number of rotatable bonds is 5. The molecule has 1 aromatic rings. The lowest BCUT2D eigenvalue weighted by atomic mass is 9.84. The summed E-state index contributed by atoms with van der Waals surface area (Å²) in [4.78, 5) is 14.3. The molecule has 1 saturated carbocycles. The molecule has 120 valence electrons. The quantitative estimate of drug-likeness (QED) is 0.903. The molecule has 3 heterocycles. The first-order chi connectivity index (χ1) is 10.8. The summed E-state index contributed by atoms with van der Waals surface area (Å²) in [5.74, 6) is 1.79. The van der Waals surface area contributed by atoms with E-state index in [-0.39, 0.29) is 12.0 Å². The average molecular weight is 320 g/mol. The first-order valence-corrected chi connectivity index (χ1v) is 9.36. The number of amides is 1. The first kappa shape index (κ1) is 14.7. The van der Waals surface area contributed by atoms with Gasteiger partial charge in [-0.05, 0) is 54.1 Å². The molecule has 1 aliphatic carbocycles. The molecule has 4 nitrogen and oxygen atoms in total. The van der Waals surface area contributed by atoms with Gasteiger partial charge in [0, 0.05) is 31.5 Å². The average Bonchev–Trinajstić information content (AvgIpc) is 3.12. The summed E-state index contributed by atoms with van der Waals surface area (Å²) in [5.41, 5.74) is 1.43. The molecule has 0 aromatic carbocycles. The van der Waals surface area contributed by atoms with Crippen LogP contribution in [0.25, 0.3) is 0 Å². The zero-order chi connectivity index (χ0) is 14.9. The normalized spacial score (nSPS) is 31.9. The lowest BCUT2D eigenvalue weighted by Gasteiger charge is -2.35. The molecule has 1 amide bonds. The van der Waals surface area contributed by atoms with Crippen molar-refractivity contribution in [2.45, 2.75) is 31.9 Å². The Morgan fingerprint density at radius 3 is 3.09 bits per heavy atom. The molecule has 2 aliphatic heterocycles. The summed E-state index contributed by atoms with van der Waals surface area (Å²) in [7, 11) is 0. The Morgan fingerprint density at radius 1 is 1.41 bits per heavy atom. The standard InChI is InChI=1S/C17H24N2O2S/c20-17(13-1-2-13)18-7-16-15-3-5-19(9-14(15)10-21-16)8-12-4-6-22-11-12/h4,6,11,13-16H,1-3,5,7-10H2,(H,18,20)/t14-,15-,16-/m1/s1. The van der Waals surface area contributed by atoms with Gasteiger partial charge < -0.3 is 10.1 Å². The van der Waals surface area contributed by atoms with Gasteiger partial charge in [-0.2, -0.15) is 11.3 Å². The predicted molar refractivity (Wildman–Crippen MR) is 86.7 cm³/mol. The number of carbonyl (C=O) groups excluding carboxylic acids is 1. The van der Waals surface area contributed by atoms with Crippen molar-refractivity contribution in [3.63, 3.8) is 0 Å². The zero-order valence-electron chi connectivity index (χ0n) is 12.9. The van der Waals surface area contributed by atoms with Crippen LogP contribution >= 0.6 is 11.3 Å². The van der Waals surface area contributed by atoms with Crippen LogP contribution in [0, 0.1) is 17.8 Å². The van der Waals surface area contributed by atoms with Crippen molar-refractivity contribution in [1.29, 1.82) is 0 Å². The molecule has 2 saturated heterocycles. The highest BCUT2D eigenvalue weighted by molar-refractivity contribution is 7.07. The molecule has 0 unspecified atom stereocenters. The fraction of sp³-hybridized carbons (Fsp3) is 0.706. The molecule has 0 radical (unpaired) electrons. The number of hydrogen-bond donors (Lipinski definition) is 1. The maximum atomic E-state index is 11.8. The van der Waals surface area contributed by atoms with E-state index >= 15 is 0 Å². The van der Waals surface area contributed by atoms with Crippen molar-refractivity contribution in [3.05, 3.63) is 22.4 Å². The Morgan fingerprint density at radius 2 is 2.32 bits per heavy atom. The Kier molecular flexibility index (Phi) is 4.20. The van der Waals surface area contributed by atoms with E-state index in [0.717, 1.165) is 39.1 Å². The second-order valence-electron chi connectivity index (χ2n) is 6.97. The van der Waals surface area contributed by atoms with E-state index in [1.165, 1.54) is 12.0 Å². The Balaban J connectivity index is 1.27. The summed E-state index contributed by atoms with van der Waals surface area (Å²) in [6.45, 7) is 4.91. The first-order valence-electron chi connectivity index (χ1n) is 8.42. The lowest BCUT2D eigenvalue weighted by molar-refractivity contribution is -0.122. The van der Waals surface area contributed by atoms with Gasteiger partial charge in [-0.3, -0.25) is 9.69 Å². The van der Waals surface area contributed by atoms with Gasteiger partial charge in [0.1, 0.15) is 0 Å². The predicted octanol–water partition coefficient (Wildman–Crippen LogP) is 2.11. The van der Waals surface area contributed by atoms with E-state index in [1.54, 1.807) is 11.3 Å². The number of ether oxygens (including phenoxy) is 1. The number of likely N-dealkylation sites (tertiary alicyclic amines) is 1. The fourth-order valence-electron chi connectivity index (χ4n) is 3.85. The Bertz CT molecular complexity index is 515. The van der Waals surface area contributed by atoms with Gasteiger partial charge in [0.2, 0.25) is 5.91 Å². The molecule has 0 bridgehead atoms. The highest BCUT2D eigenvalue weighted by Crippen LogP contribution is 2.35. The summed E-state index contributed by atoms with van der Waals surface area (Å²) >= 11 is 1.77. The Hall–Kier alpha value is -0.910. The number of nitrogens with one attached hydrogen (secondary N) is 1. The van der Waals surface area contributed by atoms with Crippen LogP contribution in [-0.2, 0) is 16.1 Å². The van der Waals surface area contributed by atoms with Crippen LogP contribution in [0.4, 0.5) is 0 Å². The molecule has 0 spiro atoms. The van der Waals surface area contributed by atoms with Crippen molar-refractivity contribution in [2.24, 2.45) is 17.8 Å². The molecule has 1 N–H and O–H groups in total. The number of nitrogens with zero attached hydrogens (tertiary/aromatic N) is 1. The summed E-state index contributed by atoms with van der Waals surface area (Å²) in [6.07, 6.45) is 3.57. The highest BCUT2D eigenvalue weighted by atomic mass is 32.1. The maximum absolute atomic E-state index is 11.8. The molecule has 22 heavy (non-hydrogen) atoms. The summed E-state index contributed by atoms with van der Waals surface area (Å²) in [5, 5.41) is 7.49. The third-order valence-electron chi connectivity index (χ3n) is 5.29. The highest BCUT2D eigenvalue weighted by Gasteiger charge is 2.41. The van der Waals surface area contributed by atoms with Crippen LogP contribution in [-0.4, -0.2) is 43.2 Å². The molecular weight excluding hydrogens is 296 g/mol. The van der Waals surface area contributed by atoms with Gasteiger partial charge in [0.05, 0.1) is 12.7 Å². The van der Waals surface area contributed by atoms with Crippen LogP contribution in [0.5, 0.6) is 0 Å². The number of hydrogen-bond acceptors (Lipinski definition) is 4. The molecular formula is C17H24N2O2S. The number of piperidine rings is 1. The maximum Gasteiger partial charge on any atom is 0.223 e. The van der Waals surface area contributed by atoms with Gasteiger partial charge in [0.25, 0.3) is 0 Å². The number of thiophene rings is 1. The molecule has 5 heteroatoms. The van der Waals surface area contributed by atoms with Gasteiger partial charge in [-0.15, -0.1) is 0 Å². The molecule has 1 aromatic heterocycles. The fourth-order valence-corrected chi connectivity index (χ4v) is 4.51. The second kappa shape index (κ2) is 6.30. The van der Waals surface area contributed by atoms with Crippen molar-refractivity contribution in [3.8, 4) is 0 Å². The SMILES string of the molecule is O=C(NC[C@H]1OC[C@H]2CN(Cc3ccsc3)CC[C@H]21)C1CC1. The van der Waals surface area contributed by atoms with E-state index in [1.807, 2.05) is 0 Å². The van der Waals surface area contributed by atoms with Crippen LogP contribution in [0.2, 0.25) is 0 Å². The van der Waals surface area contributed by atoms with Crippen molar-refractivity contribution >= 4 is 17.2 Å². The molecule has 4 rings (SSSR count). The lowest BCUT2D eigenvalue weighted by Crippen LogP contribution is -2.43. The van der Waals surface area contributed by atoms with E-state index in [0.29, 0.717) is 24.3 Å². The van der Waals surface area contributed by atoms with Crippen molar-refractivity contribution in [1.82, 2.24) is 10.2 Å². The summed E-state index contributed by atoms with van der Waals surface area (Å²) in [6, 6.07) is 2.22. The minimum atomic E-state index is 0.232. The minimum Gasteiger partial charge on any atom is -0.376 e. The van der Waals surface area contributed by atoms with E-state index < -0.39 is 0 Å². The van der Waals surface area contributed by atoms with Crippen LogP contribution in [0.15, 0.2) is 16.8 Å². The second-order valence-corrected chi connectivity index (χ2v) is 7.75. The van der Waals surface area contributed by atoms with Crippen molar-refractivity contribution < 1.29 is 9.53 Å². The Labute approximate surface area is 135 Å². The van der Waals surface area contributed by atoms with E-state index in [9.17, 15) is 4.79 Å². The van der Waals surface area contributed by atoms with Gasteiger partial charge in [-0.25, -0.2) is 0 Å². The number of carbonyl (C=O) groups is 1. The smallest absolute Gasteiger partial charge is 0.223 e. The third kappa shape index (κ3) is 3.21. The van der Waals surface area contributed by atoms with Crippen molar-refractivity contribution in [2.75, 3.05) is 26.2 Å². The van der Waals surface area contributed by atoms with Gasteiger partial charge in [-0.1, -0.05) is 0 Å². The monoisotopic (exact) mass is 320 g/mol. The minimum absolute atomic E-state index is 0.232. The third-order valence-corrected chi connectivity index (χ3v) is 6.02. The largest absolute Gasteiger partial charge is 0.376 e. The summed E-state index contributed by atoms with van der Waals surface area (Å²) < 4.78 is 5.99. The topological polar surface area (TPSA) is 41.6 Å². The van der Waals surface area contributed by atoms with Crippen LogP contribution in [0.3, 0.4) is 0 Å². The van der Waals surface area contributed by atoms with Crippen LogP contribution in [0.1, 0.15) is 24.8 Å². The molecule has 3 fully saturated rings.